The molecule has 134 valence electrons. The van der Waals surface area contributed by atoms with Crippen LogP contribution in [0.25, 0.3) is 22.6 Å². The molecule has 0 fully saturated rings. The molecule has 0 unspecified atom stereocenters. The monoisotopic (exact) mass is 356 g/mol. The van der Waals surface area contributed by atoms with Crippen molar-refractivity contribution in [3.8, 4) is 22.6 Å². The van der Waals surface area contributed by atoms with Gasteiger partial charge in [0.15, 0.2) is 5.82 Å². The Labute approximate surface area is 158 Å². The lowest BCUT2D eigenvalue weighted by Crippen LogP contribution is -2.10. The van der Waals surface area contributed by atoms with Crippen molar-refractivity contribution in [2.75, 3.05) is 0 Å². The normalized spacial score (nSPS) is 10.4. The van der Waals surface area contributed by atoms with Crippen molar-refractivity contribution in [1.82, 2.24) is 9.97 Å². The second-order valence-corrected chi connectivity index (χ2v) is 6.07. The van der Waals surface area contributed by atoms with Gasteiger partial charge in [-0.25, -0.2) is 14.8 Å². The largest absolute Gasteiger partial charge is 0.478 e. The zero-order chi connectivity index (χ0) is 19.2. The van der Waals surface area contributed by atoms with E-state index < -0.39 is 5.97 Å². The molecule has 1 N–H and O–H groups in total. The lowest BCUT2D eigenvalue weighted by atomic mass is 10.0. The Morgan fingerprint density at radius 2 is 1.56 bits per heavy atom. The molecule has 1 heterocycles. The molecule has 0 radical (unpaired) electrons. The average molecular weight is 356 g/mol. The Kier molecular flexibility index (Phi) is 5.57. The van der Waals surface area contributed by atoms with Gasteiger partial charge in [0, 0.05) is 17.5 Å². The standard InChI is InChI=1S/C23H20N2O2/c1-3-8-16-12-14-18(15-13-16)22-24-19(9-4-2)20(23(26)27)21(25-22)17-10-6-5-7-11-17/h3-7,10-15H,1-2,8-9H2,(H,26,27). The predicted octanol–water partition coefficient (Wildman–Crippen LogP) is 4.97. The molecule has 4 nitrogen and oxygen atoms in total. The van der Waals surface area contributed by atoms with E-state index in [1.807, 2.05) is 60.7 Å². The molecule has 0 saturated heterocycles. The van der Waals surface area contributed by atoms with Crippen molar-refractivity contribution in [2.24, 2.45) is 0 Å². The minimum Gasteiger partial charge on any atom is -0.478 e. The molecule has 3 aromatic rings. The highest BCUT2D eigenvalue weighted by Crippen LogP contribution is 2.28. The SMILES string of the molecule is C=CCc1ccc(-c2nc(CC=C)c(C(=O)O)c(-c3ccccc3)n2)cc1. The van der Waals surface area contributed by atoms with Gasteiger partial charge >= 0.3 is 5.97 Å². The number of hydrogen-bond acceptors (Lipinski definition) is 3. The van der Waals surface area contributed by atoms with Gasteiger partial charge in [-0.3, -0.25) is 0 Å². The first-order chi connectivity index (χ1) is 13.1. The second kappa shape index (κ2) is 8.23. The van der Waals surface area contributed by atoms with E-state index in [1.165, 1.54) is 0 Å². The van der Waals surface area contributed by atoms with E-state index in [4.69, 9.17) is 0 Å². The van der Waals surface area contributed by atoms with Gasteiger partial charge < -0.3 is 5.11 Å². The summed E-state index contributed by atoms with van der Waals surface area (Å²) < 4.78 is 0. The van der Waals surface area contributed by atoms with Crippen LogP contribution in [0.3, 0.4) is 0 Å². The first-order valence-corrected chi connectivity index (χ1v) is 8.64. The Morgan fingerprint density at radius 3 is 2.15 bits per heavy atom. The number of carboxylic acids is 1. The van der Waals surface area contributed by atoms with Crippen LogP contribution < -0.4 is 0 Å². The van der Waals surface area contributed by atoms with Gasteiger partial charge in [-0.15, -0.1) is 13.2 Å². The van der Waals surface area contributed by atoms with Gasteiger partial charge in [0.05, 0.1) is 11.4 Å². The molecule has 2 aromatic carbocycles. The molecule has 0 aliphatic rings. The summed E-state index contributed by atoms with van der Waals surface area (Å²) in [6.45, 7) is 7.48. The molecule has 0 spiro atoms. The van der Waals surface area contributed by atoms with Crippen molar-refractivity contribution in [3.05, 3.63) is 96.7 Å². The third-order valence-corrected chi connectivity index (χ3v) is 4.17. The van der Waals surface area contributed by atoms with E-state index in [0.29, 0.717) is 23.6 Å². The van der Waals surface area contributed by atoms with Gasteiger partial charge in [-0.1, -0.05) is 66.7 Å². The maximum absolute atomic E-state index is 11.9. The number of hydrogen-bond donors (Lipinski definition) is 1. The summed E-state index contributed by atoms with van der Waals surface area (Å²) in [7, 11) is 0. The summed E-state index contributed by atoms with van der Waals surface area (Å²) in [6, 6.07) is 17.2. The third kappa shape index (κ3) is 4.01. The fourth-order valence-corrected chi connectivity index (χ4v) is 2.91. The van der Waals surface area contributed by atoms with E-state index in [0.717, 1.165) is 23.1 Å². The summed E-state index contributed by atoms with van der Waals surface area (Å²) in [5.41, 5.74) is 3.71. The molecular weight excluding hydrogens is 336 g/mol. The van der Waals surface area contributed by atoms with Crippen molar-refractivity contribution >= 4 is 5.97 Å². The number of nitrogens with zero attached hydrogens (tertiary/aromatic N) is 2. The summed E-state index contributed by atoms with van der Waals surface area (Å²) >= 11 is 0. The average Bonchev–Trinajstić information content (AvgIpc) is 2.69. The number of carbonyl (C=O) groups is 1. The van der Waals surface area contributed by atoms with Crippen LogP contribution in [0.4, 0.5) is 0 Å². The van der Waals surface area contributed by atoms with Crippen molar-refractivity contribution in [2.45, 2.75) is 12.8 Å². The fraction of sp³-hybridized carbons (Fsp3) is 0.0870. The fourth-order valence-electron chi connectivity index (χ4n) is 2.91. The first kappa shape index (κ1) is 18.3. The zero-order valence-corrected chi connectivity index (χ0v) is 14.9. The quantitative estimate of drug-likeness (QED) is 0.607. The lowest BCUT2D eigenvalue weighted by Gasteiger charge is -2.12. The molecule has 0 aliphatic carbocycles. The maximum atomic E-state index is 11.9. The molecule has 27 heavy (non-hydrogen) atoms. The van der Waals surface area contributed by atoms with Gasteiger partial charge in [0.2, 0.25) is 0 Å². The molecule has 0 atom stereocenters. The number of allylic oxidation sites excluding steroid dienone is 2. The minimum atomic E-state index is -1.04. The van der Waals surface area contributed by atoms with Gasteiger partial charge in [0.1, 0.15) is 5.56 Å². The highest BCUT2D eigenvalue weighted by atomic mass is 16.4. The first-order valence-electron chi connectivity index (χ1n) is 8.64. The number of benzene rings is 2. The van der Waals surface area contributed by atoms with Gasteiger partial charge in [-0.05, 0) is 12.0 Å². The molecule has 1 aromatic heterocycles. The van der Waals surface area contributed by atoms with Crippen LogP contribution in [0.1, 0.15) is 21.6 Å². The van der Waals surface area contributed by atoms with Crippen LogP contribution in [-0.2, 0) is 12.8 Å². The number of rotatable bonds is 7. The maximum Gasteiger partial charge on any atom is 0.339 e. The molecular formula is C23H20N2O2. The Balaban J connectivity index is 2.20. The van der Waals surface area contributed by atoms with Crippen LogP contribution in [-0.4, -0.2) is 21.0 Å². The minimum absolute atomic E-state index is 0.119. The number of carboxylic acid groups (broad SMARTS) is 1. The van der Waals surface area contributed by atoms with Crippen molar-refractivity contribution in [3.63, 3.8) is 0 Å². The van der Waals surface area contributed by atoms with Crippen molar-refractivity contribution < 1.29 is 9.90 Å². The molecule has 0 saturated carbocycles. The van der Waals surface area contributed by atoms with E-state index in [1.54, 1.807) is 6.08 Å². The Hall–Kier alpha value is -3.53. The molecule has 0 aliphatic heterocycles. The van der Waals surface area contributed by atoms with Gasteiger partial charge in [0.25, 0.3) is 0 Å². The Morgan fingerprint density at radius 1 is 0.889 bits per heavy atom. The predicted molar refractivity (Wildman–Crippen MR) is 108 cm³/mol. The summed E-state index contributed by atoms with van der Waals surface area (Å²) in [5.74, 6) is -0.542. The van der Waals surface area contributed by atoms with E-state index in [-0.39, 0.29) is 5.56 Å². The van der Waals surface area contributed by atoms with Crippen LogP contribution in [0.2, 0.25) is 0 Å². The summed E-state index contributed by atoms with van der Waals surface area (Å²) in [5, 5.41) is 9.77. The van der Waals surface area contributed by atoms with E-state index in [2.05, 4.69) is 23.1 Å². The smallest absolute Gasteiger partial charge is 0.339 e. The lowest BCUT2D eigenvalue weighted by molar-refractivity contribution is 0.0696. The number of aromatic carboxylic acids is 1. The highest BCUT2D eigenvalue weighted by molar-refractivity contribution is 5.96. The molecule has 3 rings (SSSR count). The molecule has 0 bridgehead atoms. The third-order valence-electron chi connectivity index (χ3n) is 4.17. The van der Waals surface area contributed by atoms with Crippen LogP contribution in [0, 0.1) is 0 Å². The zero-order valence-electron chi connectivity index (χ0n) is 14.9. The van der Waals surface area contributed by atoms with Crippen LogP contribution >= 0.6 is 0 Å². The summed E-state index contributed by atoms with van der Waals surface area (Å²) in [4.78, 5) is 21.1. The van der Waals surface area contributed by atoms with Crippen LogP contribution in [0.5, 0.6) is 0 Å². The topological polar surface area (TPSA) is 63.1 Å². The van der Waals surface area contributed by atoms with E-state index in [9.17, 15) is 9.90 Å². The van der Waals surface area contributed by atoms with Gasteiger partial charge in [-0.2, -0.15) is 0 Å². The summed E-state index contributed by atoms with van der Waals surface area (Å²) in [6.07, 6.45) is 4.64. The highest BCUT2D eigenvalue weighted by Gasteiger charge is 2.21. The molecule has 0 amide bonds. The Bertz CT molecular complexity index is 977. The van der Waals surface area contributed by atoms with Crippen molar-refractivity contribution in [1.29, 1.82) is 0 Å². The van der Waals surface area contributed by atoms with Crippen LogP contribution in [0.15, 0.2) is 79.9 Å². The second-order valence-electron chi connectivity index (χ2n) is 6.07. The van der Waals surface area contributed by atoms with E-state index >= 15 is 0 Å². The number of aromatic nitrogens is 2. The molecule has 4 heteroatoms.